The summed E-state index contributed by atoms with van der Waals surface area (Å²) in [5, 5.41) is 3.02. The second-order valence-electron chi connectivity index (χ2n) is 6.77. The standard InChI is InChI=1S/C19H26N2O3/c22-18-14-24-17(11-20-19(23)16-9-5-2-6-10-16)13-21(18)12-15-7-3-1-4-8-15/h1,3-4,7-8,16-17H,2,5-6,9-14H2,(H,20,23). The molecule has 2 fully saturated rings. The zero-order chi connectivity index (χ0) is 16.8. The molecular formula is C19H26N2O3. The summed E-state index contributed by atoms with van der Waals surface area (Å²) in [6, 6.07) is 9.95. The summed E-state index contributed by atoms with van der Waals surface area (Å²) in [4.78, 5) is 26.1. The van der Waals surface area contributed by atoms with Crippen LogP contribution in [-0.2, 0) is 20.9 Å². The van der Waals surface area contributed by atoms with E-state index in [2.05, 4.69) is 5.32 Å². The summed E-state index contributed by atoms with van der Waals surface area (Å²) in [6.45, 7) is 1.69. The van der Waals surface area contributed by atoms with Crippen molar-refractivity contribution >= 4 is 11.8 Å². The number of morpholine rings is 1. The van der Waals surface area contributed by atoms with Gasteiger partial charge in [-0.3, -0.25) is 9.59 Å². The van der Waals surface area contributed by atoms with Crippen LogP contribution in [0.2, 0.25) is 0 Å². The van der Waals surface area contributed by atoms with E-state index in [4.69, 9.17) is 4.74 Å². The Kier molecular flexibility index (Phi) is 5.86. The Hall–Kier alpha value is -1.88. The van der Waals surface area contributed by atoms with E-state index < -0.39 is 0 Å². The Bertz CT molecular complexity index is 555. The number of benzene rings is 1. The van der Waals surface area contributed by atoms with E-state index in [0.717, 1.165) is 31.2 Å². The number of amides is 2. The summed E-state index contributed by atoms with van der Waals surface area (Å²) in [5.41, 5.74) is 1.11. The molecule has 5 heteroatoms. The first kappa shape index (κ1) is 17.0. The molecule has 3 rings (SSSR count). The van der Waals surface area contributed by atoms with Gasteiger partial charge < -0.3 is 15.0 Å². The summed E-state index contributed by atoms with van der Waals surface area (Å²) in [5.74, 6) is 0.308. The lowest BCUT2D eigenvalue weighted by atomic mass is 9.88. The number of rotatable bonds is 5. The van der Waals surface area contributed by atoms with Gasteiger partial charge in [0.15, 0.2) is 0 Å². The SMILES string of the molecule is O=C(NCC1CN(Cc2ccccc2)C(=O)CO1)C1CCCCC1. The number of nitrogens with one attached hydrogen (secondary N) is 1. The van der Waals surface area contributed by atoms with Gasteiger partial charge in [-0.05, 0) is 18.4 Å². The van der Waals surface area contributed by atoms with Crippen LogP contribution < -0.4 is 5.32 Å². The molecule has 1 unspecified atom stereocenters. The van der Waals surface area contributed by atoms with E-state index in [9.17, 15) is 9.59 Å². The first-order valence-electron chi connectivity index (χ1n) is 8.93. The third-order valence-corrected chi connectivity index (χ3v) is 4.92. The molecule has 1 aliphatic heterocycles. The predicted molar refractivity (Wildman–Crippen MR) is 91.2 cm³/mol. The molecule has 0 bridgehead atoms. The molecule has 1 saturated heterocycles. The van der Waals surface area contributed by atoms with Gasteiger partial charge >= 0.3 is 0 Å². The van der Waals surface area contributed by atoms with Crippen molar-refractivity contribution in [2.45, 2.75) is 44.8 Å². The van der Waals surface area contributed by atoms with Crippen LogP contribution in [0.3, 0.4) is 0 Å². The molecule has 1 atom stereocenters. The van der Waals surface area contributed by atoms with Crippen molar-refractivity contribution in [2.24, 2.45) is 5.92 Å². The van der Waals surface area contributed by atoms with Crippen LogP contribution in [0.1, 0.15) is 37.7 Å². The highest BCUT2D eigenvalue weighted by Gasteiger charge is 2.28. The Balaban J connectivity index is 1.48. The zero-order valence-corrected chi connectivity index (χ0v) is 14.1. The fourth-order valence-corrected chi connectivity index (χ4v) is 3.48. The van der Waals surface area contributed by atoms with Crippen LogP contribution in [-0.4, -0.2) is 42.5 Å². The fraction of sp³-hybridized carbons (Fsp3) is 0.579. The minimum atomic E-state index is -0.126. The molecular weight excluding hydrogens is 304 g/mol. The number of carbonyl (C=O) groups is 2. The van der Waals surface area contributed by atoms with Crippen LogP contribution in [0.25, 0.3) is 0 Å². The molecule has 5 nitrogen and oxygen atoms in total. The van der Waals surface area contributed by atoms with Crippen molar-refractivity contribution < 1.29 is 14.3 Å². The van der Waals surface area contributed by atoms with Gasteiger partial charge in [0.2, 0.25) is 11.8 Å². The number of hydrogen-bond donors (Lipinski definition) is 1. The van der Waals surface area contributed by atoms with E-state index in [-0.39, 0.29) is 30.4 Å². The summed E-state index contributed by atoms with van der Waals surface area (Å²) >= 11 is 0. The molecule has 1 N–H and O–H groups in total. The predicted octanol–water partition coefficient (Wildman–Crippen LogP) is 2.11. The van der Waals surface area contributed by atoms with Crippen LogP contribution >= 0.6 is 0 Å². The smallest absolute Gasteiger partial charge is 0.248 e. The second kappa shape index (κ2) is 8.29. The molecule has 1 saturated carbocycles. The lowest BCUT2D eigenvalue weighted by Crippen LogP contribution is -2.50. The van der Waals surface area contributed by atoms with Gasteiger partial charge in [0.1, 0.15) is 6.61 Å². The van der Waals surface area contributed by atoms with Gasteiger partial charge in [-0.1, -0.05) is 49.6 Å². The van der Waals surface area contributed by atoms with Crippen LogP contribution in [0.15, 0.2) is 30.3 Å². The van der Waals surface area contributed by atoms with Crippen molar-refractivity contribution in [3.63, 3.8) is 0 Å². The highest BCUT2D eigenvalue weighted by molar-refractivity contribution is 5.79. The molecule has 0 aromatic heterocycles. The third-order valence-electron chi connectivity index (χ3n) is 4.92. The summed E-state index contributed by atoms with van der Waals surface area (Å²) in [7, 11) is 0. The third kappa shape index (κ3) is 4.57. The fourth-order valence-electron chi connectivity index (χ4n) is 3.48. The van der Waals surface area contributed by atoms with Gasteiger partial charge in [0.05, 0.1) is 6.10 Å². The molecule has 0 radical (unpaired) electrons. The molecule has 2 aliphatic rings. The highest BCUT2D eigenvalue weighted by atomic mass is 16.5. The molecule has 2 amide bonds. The quantitative estimate of drug-likeness (QED) is 0.899. The van der Waals surface area contributed by atoms with Crippen molar-refractivity contribution in [3.05, 3.63) is 35.9 Å². The van der Waals surface area contributed by atoms with Crippen LogP contribution in [0.5, 0.6) is 0 Å². The van der Waals surface area contributed by atoms with E-state index >= 15 is 0 Å². The average Bonchev–Trinajstić information content (AvgIpc) is 2.63. The van der Waals surface area contributed by atoms with E-state index in [1.807, 2.05) is 35.2 Å². The molecule has 130 valence electrons. The largest absolute Gasteiger partial charge is 0.365 e. The molecule has 1 aromatic carbocycles. The maximum Gasteiger partial charge on any atom is 0.248 e. The zero-order valence-electron chi connectivity index (χ0n) is 14.1. The van der Waals surface area contributed by atoms with Gasteiger partial charge in [0, 0.05) is 25.6 Å². The van der Waals surface area contributed by atoms with E-state index in [1.54, 1.807) is 0 Å². The Labute approximate surface area is 143 Å². The summed E-state index contributed by atoms with van der Waals surface area (Å²) < 4.78 is 5.59. The molecule has 1 aliphatic carbocycles. The molecule has 1 heterocycles. The second-order valence-corrected chi connectivity index (χ2v) is 6.77. The summed E-state index contributed by atoms with van der Waals surface area (Å²) in [6.07, 6.45) is 5.41. The van der Waals surface area contributed by atoms with Gasteiger partial charge in [0.25, 0.3) is 0 Å². The van der Waals surface area contributed by atoms with Crippen molar-refractivity contribution in [2.75, 3.05) is 19.7 Å². The molecule has 0 spiro atoms. The monoisotopic (exact) mass is 330 g/mol. The lowest BCUT2D eigenvalue weighted by Gasteiger charge is -2.33. The first-order valence-corrected chi connectivity index (χ1v) is 8.93. The Morgan fingerprint density at radius 3 is 2.67 bits per heavy atom. The lowest BCUT2D eigenvalue weighted by molar-refractivity contribution is -0.149. The van der Waals surface area contributed by atoms with Gasteiger partial charge in [-0.25, -0.2) is 0 Å². The maximum atomic E-state index is 12.2. The molecule has 1 aromatic rings. The number of hydrogen-bond acceptors (Lipinski definition) is 3. The van der Waals surface area contributed by atoms with E-state index in [0.29, 0.717) is 19.6 Å². The highest BCUT2D eigenvalue weighted by Crippen LogP contribution is 2.23. The maximum absolute atomic E-state index is 12.2. The van der Waals surface area contributed by atoms with Crippen molar-refractivity contribution in [1.82, 2.24) is 10.2 Å². The number of nitrogens with zero attached hydrogens (tertiary/aromatic N) is 1. The Morgan fingerprint density at radius 2 is 1.92 bits per heavy atom. The van der Waals surface area contributed by atoms with Crippen molar-refractivity contribution in [1.29, 1.82) is 0 Å². The Morgan fingerprint density at radius 1 is 1.17 bits per heavy atom. The van der Waals surface area contributed by atoms with Crippen molar-refractivity contribution in [3.8, 4) is 0 Å². The minimum absolute atomic E-state index is 0.00806. The first-order chi connectivity index (χ1) is 11.7. The van der Waals surface area contributed by atoms with Gasteiger partial charge in [-0.2, -0.15) is 0 Å². The van der Waals surface area contributed by atoms with Crippen LogP contribution in [0, 0.1) is 5.92 Å². The normalized spacial score (nSPS) is 22.4. The van der Waals surface area contributed by atoms with Gasteiger partial charge in [-0.15, -0.1) is 0 Å². The topological polar surface area (TPSA) is 58.6 Å². The minimum Gasteiger partial charge on any atom is -0.365 e. The molecule has 24 heavy (non-hydrogen) atoms. The van der Waals surface area contributed by atoms with Crippen LogP contribution in [0.4, 0.5) is 0 Å². The number of ether oxygens (including phenoxy) is 1. The average molecular weight is 330 g/mol. The number of carbonyl (C=O) groups excluding carboxylic acids is 2. The van der Waals surface area contributed by atoms with E-state index in [1.165, 1.54) is 6.42 Å².